The molecule has 0 bridgehead atoms. The van der Waals surface area contributed by atoms with Gasteiger partial charge in [-0.25, -0.2) is 0 Å². The first-order valence-electron chi connectivity index (χ1n) is 9.67. The molecule has 0 amide bonds. The highest BCUT2D eigenvalue weighted by atomic mass is 16.5. The summed E-state index contributed by atoms with van der Waals surface area (Å²) in [6.45, 7) is 3.71. The maximum atomic E-state index is 12.8. The van der Waals surface area contributed by atoms with E-state index in [1.165, 1.54) is 4.90 Å². The van der Waals surface area contributed by atoms with Gasteiger partial charge < -0.3 is 24.2 Å². The van der Waals surface area contributed by atoms with Crippen LogP contribution in [0, 0.1) is 0 Å². The van der Waals surface area contributed by atoms with Gasteiger partial charge in [0.2, 0.25) is 5.78 Å². The summed E-state index contributed by atoms with van der Waals surface area (Å²) in [6.07, 6.45) is 5.28. The highest BCUT2D eigenvalue weighted by molar-refractivity contribution is 6.12. The standard InChI is InChI=1S/C23H23NO5/c1-27-20-7-3-2-5-16(20)6-4-8-21-22(26)17-9-10-19(25)18(23(17)29-21)15-24-11-13-28-14-12-24/h2-10,25H,11-15H2,1H3/p+1/b6-4+,21-8-. The summed E-state index contributed by atoms with van der Waals surface area (Å²) in [7, 11) is 1.62. The second kappa shape index (κ2) is 8.51. The minimum absolute atomic E-state index is 0.154. The molecule has 0 aliphatic carbocycles. The van der Waals surface area contributed by atoms with E-state index in [0.717, 1.165) is 24.4 Å². The van der Waals surface area contributed by atoms with E-state index in [-0.39, 0.29) is 17.3 Å². The minimum Gasteiger partial charge on any atom is -0.507 e. The van der Waals surface area contributed by atoms with Crippen LogP contribution in [0.3, 0.4) is 0 Å². The first-order chi connectivity index (χ1) is 14.2. The van der Waals surface area contributed by atoms with Crippen LogP contribution < -0.4 is 14.4 Å². The molecule has 6 nitrogen and oxygen atoms in total. The van der Waals surface area contributed by atoms with Gasteiger partial charge in [-0.05, 0) is 24.3 Å². The van der Waals surface area contributed by atoms with Crippen molar-refractivity contribution >= 4 is 11.9 Å². The smallest absolute Gasteiger partial charge is 0.231 e. The van der Waals surface area contributed by atoms with Crippen molar-refractivity contribution in [3.63, 3.8) is 0 Å². The Kier molecular flexibility index (Phi) is 5.64. The lowest BCUT2D eigenvalue weighted by molar-refractivity contribution is -0.921. The molecule has 4 rings (SSSR count). The van der Waals surface area contributed by atoms with Crippen molar-refractivity contribution in [1.82, 2.24) is 0 Å². The third kappa shape index (κ3) is 4.04. The van der Waals surface area contributed by atoms with Gasteiger partial charge in [-0.2, -0.15) is 0 Å². The van der Waals surface area contributed by atoms with Crippen LogP contribution in [-0.2, 0) is 11.3 Å². The third-order valence-corrected chi connectivity index (χ3v) is 5.21. The number of methoxy groups -OCH3 is 1. The van der Waals surface area contributed by atoms with Crippen molar-refractivity contribution in [2.45, 2.75) is 6.54 Å². The Hall–Kier alpha value is -3.09. The number of fused-ring (bicyclic) bond motifs is 1. The zero-order valence-electron chi connectivity index (χ0n) is 16.3. The second-order valence-corrected chi connectivity index (χ2v) is 7.04. The molecule has 150 valence electrons. The summed E-state index contributed by atoms with van der Waals surface area (Å²) in [5.41, 5.74) is 2.07. The summed E-state index contributed by atoms with van der Waals surface area (Å²) in [6, 6.07) is 10.8. The molecule has 2 heterocycles. The first kappa shape index (κ1) is 19.2. The molecule has 2 aliphatic heterocycles. The predicted octanol–water partition coefficient (Wildman–Crippen LogP) is 1.99. The Morgan fingerprint density at radius 2 is 1.97 bits per heavy atom. The van der Waals surface area contributed by atoms with E-state index in [1.807, 2.05) is 30.3 Å². The van der Waals surface area contributed by atoms with Gasteiger partial charge in [0.1, 0.15) is 31.1 Å². The number of para-hydroxylation sites is 1. The molecular weight excluding hydrogens is 370 g/mol. The number of rotatable bonds is 5. The average molecular weight is 394 g/mol. The number of morpholine rings is 1. The fourth-order valence-corrected chi connectivity index (χ4v) is 3.61. The summed E-state index contributed by atoms with van der Waals surface area (Å²) in [4.78, 5) is 14.1. The molecule has 2 N–H and O–H groups in total. The second-order valence-electron chi connectivity index (χ2n) is 7.04. The monoisotopic (exact) mass is 394 g/mol. The molecule has 0 radical (unpaired) electrons. The van der Waals surface area contributed by atoms with Gasteiger partial charge in [-0.3, -0.25) is 4.79 Å². The summed E-state index contributed by atoms with van der Waals surface area (Å²) in [5.74, 6) is 1.44. The number of Topliss-reactive ketones (excluding diaryl/α,β-unsaturated/α-hetero) is 1. The number of phenolic OH excluding ortho intramolecular Hbond substituents is 1. The molecule has 1 fully saturated rings. The van der Waals surface area contributed by atoms with E-state index in [9.17, 15) is 9.90 Å². The third-order valence-electron chi connectivity index (χ3n) is 5.21. The maximum Gasteiger partial charge on any atom is 0.231 e. The van der Waals surface area contributed by atoms with Gasteiger partial charge in [-0.1, -0.05) is 30.4 Å². The van der Waals surface area contributed by atoms with Crippen LogP contribution >= 0.6 is 0 Å². The zero-order chi connectivity index (χ0) is 20.2. The normalized spacial score (nSPS) is 18.2. The van der Waals surface area contributed by atoms with Crippen molar-refractivity contribution in [3.8, 4) is 17.2 Å². The molecule has 2 aromatic carbocycles. The Morgan fingerprint density at radius 3 is 2.76 bits per heavy atom. The van der Waals surface area contributed by atoms with E-state index in [4.69, 9.17) is 14.2 Å². The zero-order valence-corrected chi connectivity index (χ0v) is 16.3. The Morgan fingerprint density at radius 1 is 1.17 bits per heavy atom. The lowest BCUT2D eigenvalue weighted by atomic mass is 10.0. The number of allylic oxidation sites excluding steroid dienone is 3. The van der Waals surface area contributed by atoms with Crippen LogP contribution in [0.2, 0.25) is 0 Å². The van der Waals surface area contributed by atoms with E-state index in [0.29, 0.717) is 36.6 Å². The molecule has 6 heteroatoms. The SMILES string of the molecule is COc1ccccc1/C=C/C=C1\Oc2c(ccc(O)c2C[NH+]2CCOCC2)C1=O. The summed E-state index contributed by atoms with van der Waals surface area (Å²) >= 11 is 0. The van der Waals surface area contributed by atoms with Crippen LogP contribution in [0.4, 0.5) is 0 Å². The number of carbonyl (C=O) groups is 1. The Balaban J connectivity index is 1.57. The first-order valence-corrected chi connectivity index (χ1v) is 9.67. The predicted molar refractivity (Wildman–Crippen MR) is 108 cm³/mol. The quantitative estimate of drug-likeness (QED) is 0.759. The molecule has 0 unspecified atom stereocenters. The minimum atomic E-state index is -0.178. The summed E-state index contributed by atoms with van der Waals surface area (Å²) < 4.78 is 16.6. The number of ketones is 1. The van der Waals surface area contributed by atoms with Crippen LogP contribution in [0.25, 0.3) is 6.08 Å². The Labute approximate surface area is 169 Å². The lowest BCUT2D eigenvalue weighted by Gasteiger charge is -2.24. The molecular formula is C23H24NO5+. The van der Waals surface area contributed by atoms with Crippen molar-refractivity contribution < 1.29 is 29.0 Å². The number of benzene rings is 2. The largest absolute Gasteiger partial charge is 0.507 e. The number of ether oxygens (including phenoxy) is 3. The number of quaternary nitrogens is 1. The number of phenols is 1. The number of aromatic hydroxyl groups is 1. The van der Waals surface area contributed by atoms with Crippen molar-refractivity contribution in [1.29, 1.82) is 0 Å². The van der Waals surface area contributed by atoms with Gasteiger partial charge in [-0.15, -0.1) is 0 Å². The van der Waals surface area contributed by atoms with Crippen LogP contribution in [0.5, 0.6) is 17.2 Å². The number of carbonyl (C=O) groups excluding carboxylic acids is 1. The van der Waals surface area contributed by atoms with E-state index in [2.05, 4.69) is 0 Å². The van der Waals surface area contributed by atoms with Gasteiger partial charge in [0.25, 0.3) is 0 Å². The number of hydrogen-bond acceptors (Lipinski definition) is 5. The van der Waals surface area contributed by atoms with Crippen LogP contribution in [-0.4, -0.2) is 44.3 Å². The average Bonchev–Trinajstić information content (AvgIpc) is 3.07. The molecule has 1 saturated heterocycles. The molecule has 0 spiro atoms. The Bertz CT molecular complexity index is 973. The van der Waals surface area contributed by atoms with Crippen LogP contribution in [0.15, 0.2) is 54.3 Å². The topological polar surface area (TPSA) is 69.4 Å². The van der Waals surface area contributed by atoms with Crippen molar-refractivity contribution in [3.05, 3.63) is 71.0 Å². The molecule has 2 aromatic rings. The van der Waals surface area contributed by atoms with E-state index < -0.39 is 0 Å². The van der Waals surface area contributed by atoms with E-state index in [1.54, 1.807) is 31.4 Å². The highest BCUT2D eigenvalue weighted by Crippen LogP contribution is 2.38. The van der Waals surface area contributed by atoms with E-state index >= 15 is 0 Å². The highest BCUT2D eigenvalue weighted by Gasteiger charge is 2.32. The molecule has 29 heavy (non-hydrogen) atoms. The fraction of sp³-hybridized carbons (Fsp3) is 0.261. The fourth-order valence-electron chi connectivity index (χ4n) is 3.61. The van der Waals surface area contributed by atoms with Crippen molar-refractivity contribution in [2.24, 2.45) is 0 Å². The maximum absolute atomic E-state index is 12.8. The lowest BCUT2D eigenvalue weighted by Crippen LogP contribution is -3.12. The molecule has 0 saturated carbocycles. The van der Waals surface area contributed by atoms with Gasteiger partial charge >= 0.3 is 0 Å². The van der Waals surface area contributed by atoms with Gasteiger partial charge in [0.05, 0.1) is 31.5 Å². The van der Waals surface area contributed by atoms with Gasteiger partial charge in [0, 0.05) is 5.56 Å². The molecule has 0 atom stereocenters. The van der Waals surface area contributed by atoms with Crippen LogP contribution in [0.1, 0.15) is 21.5 Å². The number of hydrogen-bond donors (Lipinski definition) is 2. The summed E-state index contributed by atoms with van der Waals surface area (Å²) in [5, 5.41) is 10.4. The molecule has 0 aromatic heterocycles. The van der Waals surface area contributed by atoms with Gasteiger partial charge in [0.15, 0.2) is 11.5 Å². The molecule has 2 aliphatic rings. The van der Waals surface area contributed by atoms with Crippen molar-refractivity contribution in [2.75, 3.05) is 33.4 Å². The number of nitrogens with one attached hydrogen (secondary N) is 1.